The summed E-state index contributed by atoms with van der Waals surface area (Å²) in [6.45, 7) is 0.0827. The van der Waals surface area contributed by atoms with Crippen LogP contribution in [0.5, 0.6) is 0 Å². The fourth-order valence-electron chi connectivity index (χ4n) is 8.79. The summed E-state index contributed by atoms with van der Waals surface area (Å²) in [5.41, 5.74) is 15.6. The first-order valence-electron chi connectivity index (χ1n) is 14.7. The van der Waals surface area contributed by atoms with Gasteiger partial charge in [0.1, 0.15) is 0 Å². The average molecular weight is 530 g/mol. The Balaban J connectivity index is 1.51. The van der Waals surface area contributed by atoms with Crippen molar-refractivity contribution >= 4 is 44.9 Å². The first-order chi connectivity index (χ1) is 20.8. The second-order valence-electron chi connectivity index (χ2n) is 11.9. The van der Waals surface area contributed by atoms with E-state index in [0.29, 0.717) is 0 Å². The van der Waals surface area contributed by atoms with Gasteiger partial charge in [-0.15, -0.1) is 0 Å². The van der Waals surface area contributed by atoms with Gasteiger partial charge in [-0.3, -0.25) is 0 Å². The van der Waals surface area contributed by atoms with E-state index in [1.54, 1.807) is 0 Å². The van der Waals surface area contributed by atoms with Crippen LogP contribution in [0, 0.1) is 11.3 Å². The molecule has 0 atom stereocenters. The van der Waals surface area contributed by atoms with Crippen LogP contribution in [0.3, 0.4) is 0 Å². The molecule has 0 amide bonds. The number of nitrogens with zero attached hydrogens (tertiary/aromatic N) is 2. The van der Waals surface area contributed by atoms with E-state index >= 15 is 0 Å². The van der Waals surface area contributed by atoms with Gasteiger partial charge in [0.15, 0.2) is 0 Å². The van der Waals surface area contributed by atoms with E-state index in [-0.39, 0.29) is 6.71 Å². The number of aromatic nitrogens is 1. The maximum Gasteiger partial charge on any atom is 0.248 e. The molecule has 7 aromatic rings. The molecule has 0 aliphatic carbocycles. The number of hydrogen-bond donors (Lipinski definition) is 0. The molecular formula is C39H23BN2. The lowest BCUT2D eigenvalue weighted by molar-refractivity contribution is 0.745. The first-order valence-corrected chi connectivity index (χ1v) is 14.7. The van der Waals surface area contributed by atoms with Gasteiger partial charge in [0, 0.05) is 22.0 Å². The molecule has 2 nitrogen and oxygen atoms in total. The van der Waals surface area contributed by atoms with Gasteiger partial charge in [-0.2, -0.15) is 5.26 Å². The predicted molar refractivity (Wildman–Crippen MR) is 171 cm³/mol. The number of hydrogen-bond acceptors (Lipinski definition) is 1. The fraction of sp³-hybridized carbons (Fsp3) is 0.0513. The van der Waals surface area contributed by atoms with Crippen LogP contribution >= 0.6 is 0 Å². The van der Waals surface area contributed by atoms with Gasteiger partial charge in [0.25, 0.3) is 0 Å². The Kier molecular flexibility index (Phi) is 4.10. The van der Waals surface area contributed by atoms with Crippen LogP contribution in [0.25, 0.3) is 27.5 Å². The van der Waals surface area contributed by atoms with Gasteiger partial charge in [0.2, 0.25) is 6.71 Å². The van der Waals surface area contributed by atoms with E-state index in [0.717, 1.165) is 17.5 Å². The van der Waals surface area contributed by atoms with Crippen molar-refractivity contribution in [2.24, 2.45) is 0 Å². The van der Waals surface area contributed by atoms with Crippen LogP contribution in [0.4, 0.5) is 0 Å². The van der Waals surface area contributed by atoms with E-state index in [2.05, 4.69) is 138 Å². The maximum absolute atomic E-state index is 10.8. The quantitative estimate of drug-likeness (QED) is 0.249. The summed E-state index contributed by atoms with van der Waals surface area (Å²) in [6.07, 6.45) is 0.870. The van der Waals surface area contributed by atoms with Crippen LogP contribution in [-0.4, -0.2) is 11.3 Å². The van der Waals surface area contributed by atoms with Crippen molar-refractivity contribution in [2.75, 3.05) is 0 Å². The number of nitriles is 1. The zero-order chi connectivity index (χ0) is 27.6. The van der Waals surface area contributed by atoms with E-state index in [1.807, 2.05) is 0 Å². The lowest BCUT2D eigenvalue weighted by Gasteiger charge is -2.48. The van der Waals surface area contributed by atoms with Crippen molar-refractivity contribution in [2.45, 2.75) is 11.8 Å². The molecule has 3 aliphatic heterocycles. The minimum Gasteiger partial charge on any atom is -0.310 e. The normalized spacial score (nSPS) is 14.7. The topological polar surface area (TPSA) is 28.7 Å². The van der Waals surface area contributed by atoms with Crippen molar-refractivity contribution in [3.63, 3.8) is 0 Å². The Hall–Kier alpha value is -5.33. The summed E-state index contributed by atoms with van der Waals surface area (Å²) in [4.78, 5) is 0. The Labute approximate surface area is 244 Å². The van der Waals surface area contributed by atoms with Gasteiger partial charge in [-0.1, -0.05) is 115 Å². The number of rotatable bonds is 2. The highest BCUT2D eigenvalue weighted by molar-refractivity contribution is 7.00. The molecule has 3 aliphatic rings. The Bertz CT molecular complexity index is 2300. The molecule has 4 heterocycles. The number of benzene rings is 6. The molecule has 0 spiro atoms. The highest BCUT2D eigenvalue weighted by Crippen LogP contribution is 2.50. The van der Waals surface area contributed by atoms with Crippen LogP contribution < -0.4 is 16.4 Å². The largest absolute Gasteiger partial charge is 0.310 e. The van der Waals surface area contributed by atoms with Crippen molar-refractivity contribution in [1.29, 1.82) is 5.26 Å². The third kappa shape index (κ3) is 2.41. The van der Waals surface area contributed by atoms with E-state index < -0.39 is 5.41 Å². The molecule has 0 fully saturated rings. The van der Waals surface area contributed by atoms with Crippen LogP contribution in [0.1, 0.15) is 38.9 Å². The Morgan fingerprint density at radius 1 is 0.619 bits per heavy atom. The number of para-hydroxylation sites is 1. The monoisotopic (exact) mass is 530 g/mol. The van der Waals surface area contributed by atoms with Crippen molar-refractivity contribution in [3.05, 3.63) is 166 Å². The average Bonchev–Trinajstić information content (AvgIpc) is 3.40. The molecule has 0 radical (unpaired) electrons. The molecule has 0 saturated heterocycles. The van der Waals surface area contributed by atoms with E-state index in [1.165, 1.54) is 71.7 Å². The second-order valence-corrected chi connectivity index (χ2v) is 11.9. The van der Waals surface area contributed by atoms with Gasteiger partial charge >= 0.3 is 0 Å². The zero-order valence-electron chi connectivity index (χ0n) is 22.8. The van der Waals surface area contributed by atoms with Crippen molar-refractivity contribution in [1.82, 2.24) is 4.57 Å². The molecular weight excluding hydrogens is 507 g/mol. The first kappa shape index (κ1) is 22.4. The SMILES string of the molecule is N#Cc1ccc2c3c1C(c1ccccc1)(c1ccccc1)c1cccc4c1B3c1c(ccc3c5ccccc5n-4c13)C2. The zero-order valence-corrected chi connectivity index (χ0v) is 22.8. The summed E-state index contributed by atoms with van der Waals surface area (Å²) in [5.74, 6) is 0. The van der Waals surface area contributed by atoms with Crippen LogP contribution in [-0.2, 0) is 11.8 Å². The molecule has 0 N–H and O–H groups in total. The molecule has 1 aromatic heterocycles. The summed E-state index contributed by atoms with van der Waals surface area (Å²) < 4.78 is 2.53. The minimum atomic E-state index is -0.632. The third-order valence-electron chi connectivity index (χ3n) is 10.2. The standard InChI is InChI=1S/C39H23BN2/c41-23-26-19-18-24-22-25-20-21-30-29-14-7-8-16-32(29)42-33-17-9-15-31-37(33)40(36(25)38(30)42)35(24)34(26)39(31,27-10-3-1-4-11-27)28-12-5-2-6-13-28/h1-21H,22H2. The molecule has 0 unspecified atom stereocenters. The lowest BCUT2D eigenvalue weighted by atomic mass is 9.27. The van der Waals surface area contributed by atoms with Gasteiger partial charge < -0.3 is 4.57 Å². The van der Waals surface area contributed by atoms with E-state index in [9.17, 15) is 5.26 Å². The number of fused-ring (bicyclic) bond motifs is 4. The highest BCUT2D eigenvalue weighted by Gasteiger charge is 2.53. The second kappa shape index (κ2) is 7.69. The Morgan fingerprint density at radius 2 is 1.31 bits per heavy atom. The molecule has 192 valence electrons. The lowest BCUT2D eigenvalue weighted by Crippen LogP contribution is -2.67. The van der Waals surface area contributed by atoms with Crippen molar-refractivity contribution < 1.29 is 0 Å². The molecule has 10 rings (SSSR count). The summed E-state index contributed by atoms with van der Waals surface area (Å²) in [5, 5.41) is 13.4. The minimum absolute atomic E-state index is 0.0827. The summed E-state index contributed by atoms with van der Waals surface area (Å²) in [6, 6.07) is 49.1. The smallest absolute Gasteiger partial charge is 0.248 e. The molecule has 0 saturated carbocycles. The Morgan fingerprint density at radius 3 is 2.07 bits per heavy atom. The summed E-state index contributed by atoms with van der Waals surface area (Å²) >= 11 is 0. The van der Waals surface area contributed by atoms with Crippen LogP contribution in [0.2, 0.25) is 0 Å². The third-order valence-corrected chi connectivity index (χ3v) is 10.2. The molecule has 3 heteroatoms. The van der Waals surface area contributed by atoms with Gasteiger partial charge in [0.05, 0.1) is 22.6 Å². The van der Waals surface area contributed by atoms with E-state index in [4.69, 9.17) is 0 Å². The molecule has 42 heavy (non-hydrogen) atoms. The fourth-order valence-corrected chi connectivity index (χ4v) is 8.79. The van der Waals surface area contributed by atoms with Crippen molar-refractivity contribution in [3.8, 4) is 11.8 Å². The van der Waals surface area contributed by atoms with Gasteiger partial charge in [-0.05, 0) is 68.9 Å². The molecule has 6 aromatic carbocycles. The summed E-state index contributed by atoms with van der Waals surface area (Å²) in [7, 11) is 0. The van der Waals surface area contributed by atoms with Gasteiger partial charge in [-0.25, -0.2) is 0 Å². The predicted octanol–water partition coefficient (Wildman–Crippen LogP) is 6.09. The maximum atomic E-state index is 10.8. The van der Waals surface area contributed by atoms with Crippen LogP contribution in [0.15, 0.2) is 127 Å². The molecule has 0 bridgehead atoms. The highest BCUT2D eigenvalue weighted by atomic mass is 15.0.